The number of ketones is 1. The molecule has 0 heterocycles. The van der Waals surface area contributed by atoms with E-state index in [0.29, 0.717) is 0 Å². The molecule has 4 aromatic rings. The Hall–Kier alpha value is -1.89. The Morgan fingerprint density at radius 2 is 0.917 bits per heavy atom. The van der Waals surface area contributed by atoms with Crippen molar-refractivity contribution < 1.29 is 38.9 Å². The van der Waals surface area contributed by atoms with Gasteiger partial charge >= 0.3 is 0 Å². The van der Waals surface area contributed by atoms with E-state index in [1.807, 2.05) is 109 Å². The van der Waals surface area contributed by atoms with Gasteiger partial charge < -0.3 is 35.1 Å². The number of hydrogen-bond acceptors (Lipinski definition) is 1. The first-order valence-corrected chi connectivity index (χ1v) is 7.19. The van der Waals surface area contributed by atoms with Crippen molar-refractivity contribution in [1.29, 1.82) is 0 Å². The first kappa shape index (κ1) is 22.1. The van der Waals surface area contributed by atoms with Crippen molar-refractivity contribution in [3.05, 3.63) is 120 Å². The van der Waals surface area contributed by atoms with Crippen LogP contribution in [0.3, 0.4) is 0 Å². The van der Waals surface area contributed by atoms with Crippen molar-refractivity contribution in [3.8, 4) is 0 Å². The van der Waals surface area contributed by atoms with Crippen LogP contribution in [0.2, 0.25) is 0 Å². The Morgan fingerprint density at radius 3 is 1.17 bits per heavy atom. The molecule has 0 radical (unpaired) electrons. The molecular formula is C21H18Fe2O-8. The van der Waals surface area contributed by atoms with Crippen LogP contribution in [0, 0.1) is 0 Å². The molecule has 0 N–H and O–H groups in total. The molecule has 0 aliphatic carbocycles. The third kappa shape index (κ3) is 8.10. The molecule has 0 aliphatic heterocycles. The molecule has 0 bridgehead atoms. The monoisotopic (exact) mass is 398 g/mol. The zero-order valence-corrected chi connectivity index (χ0v) is 15.2. The molecule has 0 aromatic heterocycles. The van der Waals surface area contributed by atoms with Crippen molar-refractivity contribution in [2.75, 3.05) is 0 Å². The van der Waals surface area contributed by atoms with Crippen LogP contribution in [0.15, 0.2) is 109 Å². The first-order chi connectivity index (χ1) is 10.9. The fourth-order valence-electron chi connectivity index (χ4n) is 1.86. The minimum Gasteiger partial charge on any atom is -0.748 e. The molecule has 0 spiro atoms. The number of hydrogen-bond donors (Lipinski definition) is 0. The van der Waals surface area contributed by atoms with E-state index in [1.165, 1.54) is 0 Å². The Kier molecular flexibility index (Phi) is 12.5. The minimum absolute atomic E-state index is 0. The van der Waals surface area contributed by atoms with E-state index in [4.69, 9.17) is 0 Å². The maximum absolute atomic E-state index is 11.6. The average molecular weight is 398 g/mol. The second-order valence-corrected chi connectivity index (χ2v) is 4.60. The Balaban J connectivity index is 0.000000370. The molecule has 0 aliphatic rings. The number of carbonyl (C=O) groups is 1. The Bertz CT molecular complexity index is 591. The maximum atomic E-state index is 11.6. The molecule has 3 heteroatoms. The Labute approximate surface area is 164 Å². The van der Waals surface area contributed by atoms with Gasteiger partial charge in [0.2, 0.25) is 0 Å². The van der Waals surface area contributed by atoms with Crippen LogP contribution in [0.5, 0.6) is 0 Å². The molecule has 0 fully saturated rings. The second kappa shape index (κ2) is 13.5. The van der Waals surface area contributed by atoms with Crippen LogP contribution in [-0.2, 0) is 34.1 Å². The normalized spacial score (nSPS) is 8.33. The summed E-state index contributed by atoms with van der Waals surface area (Å²) in [6, 6.07) is 34.8. The van der Waals surface area contributed by atoms with E-state index >= 15 is 0 Å². The van der Waals surface area contributed by atoms with Gasteiger partial charge in [-0.25, -0.2) is 24.3 Å². The van der Waals surface area contributed by atoms with Crippen LogP contribution in [0.4, 0.5) is 0 Å². The van der Waals surface area contributed by atoms with E-state index in [9.17, 15) is 4.79 Å². The molecule has 0 amide bonds. The smallest absolute Gasteiger partial charge is 0.0320 e. The van der Waals surface area contributed by atoms with Crippen LogP contribution in [0.25, 0.3) is 0 Å². The van der Waals surface area contributed by atoms with Gasteiger partial charge in [0.25, 0.3) is 0 Å². The van der Waals surface area contributed by atoms with Crippen molar-refractivity contribution >= 4 is 5.78 Å². The van der Waals surface area contributed by atoms with Gasteiger partial charge in [-0.15, -0.1) is 17.7 Å². The molecule has 24 heavy (non-hydrogen) atoms. The summed E-state index contributed by atoms with van der Waals surface area (Å²) < 4.78 is 0. The van der Waals surface area contributed by atoms with Gasteiger partial charge in [0.05, 0.1) is 0 Å². The van der Waals surface area contributed by atoms with Crippen molar-refractivity contribution in [2.45, 2.75) is 0 Å². The van der Waals surface area contributed by atoms with Gasteiger partial charge in [-0.3, -0.25) is 12.1 Å². The predicted molar refractivity (Wildman–Crippen MR) is 91.6 cm³/mol. The van der Waals surface area contributed by atoms with E-state index in [1.54, 1.807) is 0 Å². The summed E-state index contributed by atoms with van der Waals surface area (Å²) in [5.74, 6) is 0.102. The molecule has 4 rings (SSSR count). The first-order valence-electron chi connectivity index (χ1n) is 7.19. The SMILES string of the molecule is O=C([c-]1cccc1)[c-]1cccc1.[Fe].[Fe].[cH-]1[cH-][cH-][cH-][cH-]1.c1cc[cH-]c1. The van der Waals surface area contributed by atoms with E-state index in [2.05, 4.69) is 0 Å². The fourth-order valence-corrected chi connectivity index (χ4v) is 1.86. The van der Waals surface area contributed by atoms with E-state index in [-0.39, 0.29) is 39.9 Å². The fraction of sp³-hybridized carbons (Fsp3) is 0. The maximum Gasteiger partial charge on any atom is 0.0320 e. The summed E-state index contributed by atoms with van der Waals surface area (Å²) >= 11 is 0. The van der Waals surface area contributed by atoms with Gasteiger partial charge in [-0.1, -0.05) is 12.1 Å². The van der Waals surface area contributed by atoms with Gasteiger partial charge in [0.1, 0.15) is 0 Å². The van der Waals surface area contributed by atoms with Crippen LogP contribution < -0.4 is 0 Å². The molecular weight excluding hydrogens is 380 g/mol. The molecule has 0 unspecified atom stereocenters. The van der Waals surface area contributed by atoms with E-state index < -0.39 is 0 Å². The molecule has 0 atom stereocenters. The zero-order chi connectivity index (χ0) is 15.5. The van der Waals surface area contributed by atoms with Gasteiger partial charge in [-0.2, -0.15) is 23.8 Å². The van der Waals surface area contributed by atoms with Gasteiger partial charge in [0, 0.05) is 39.9 Å². The minimum atomic E-state index is 0. The van der Waals surface area contributed by atoms with Crippen LogP contribution in [0.1, 0.15) is 15.9 Å². The molecule has 0 saturated carbocycles. The average Bonchev–Trinajstić information content (AvgIpc) is 3.42. The van der Waals surface area contributed by atoms with Gasteiger partial charge in [-0.05, 0) is 0 Å². The van der Waals surface area contributed by atoms with Crippen LogP contribution in [-0.4, -0.2) is 5.78 Å². The second-order valence-electron chi connectivity index (χ2n) is 4.60. The topological polar surface area (TPSA) is 17.1 Å². The molecule has 132 valence electrons. The predicted octanol–water partition coefficient (Wildman–Crippen LogP) is 5.16. The summed E-state index contributed by atoms with van der Waals surface area (Å²) in [5, 5.41) is 0. The van der Waals surface area contributed by atoms with Crippen molar-refractivity contribution in [2.24, 2.45) is 0 Å². The number of carbonyl (C=O) groups excluding carboxylic acids is 1. The summed E-state index contributed by atoms with van der Waals surface area (Å²) in [5.41, 5.74) is 1.53. The largest absolute Gasteiger partial charge is 0.748 e. The van der Waals surface area contributed by atoms with Crippen molar-refractivity contribution in [3.63, 3.8) is 0 Å². The standard InChI is InChI=1S/C11H8O.2C5H5.2Fe/c12-11(9-5-1-2-6-9)10-7-3-4-8-10;2*1-2-4-5-3-1;;/h1-8H;2*1-5H;;/q-2;-5;-1;;. The third-order valence-electron chi connectivity index (χ3n) is 2.96. The summed E-state index contributed by atoms with van der Waals surface area (Å²) in [4.78, 5) is 11.6. The van der Waals surface area contributed by atoms with Crippen LogP contribution >= 0.6 is 0 Å². The molecule has 0 saturated heterocycles. The Morgan fingerprint density at radius 1 is 0.583 bits per heavy atom. The third-order valence-corrected chi connectivity index (χ3v) is 2.96. The zero-order valence-electron chi connectivity index (χ0n) is 13.0. The molecule has 1 nitrogen and oxygen atoms in total. The number of rotatable bonds is 2. The summed E-state index contributed by atoms with van der Waals surface area (Å²) in [6.07, 6.45) is 0. The van der Waals surface area contributed by atoms with E-state index in [0.717, 1.165) is 11.1 Å². The molecule has 4 aromatic carbocycles. The summed E-state index contributed by atoms with van der Waals surface area (Å²) in [6.45, 7) is 0. The van der Waals surface area contributed by atoms with Crippen molar-refractivity contribution in [1.82, 2.24) is 0 Å². The summed E-state index contributed by atoms with van der Waals surface area (Å²) in [7, 11) is 0. The van der Waals surface area contributed by atoms with Gasteiger partial charge in [0.15, 0.2) is 0 Å². The quantitative estimate of drug-likeness (QED) is 0.259.